The Kier molecular flexibility index (Phi) is 2.35. The Bertz CT molecular complexity index is 859. The van der Waals surface area contributed by atoms with Crippen LogP contribution in [0.25, 0.3) is 20.3 Å². The molecule has 1 aromatic carbocycles. The highest BCUT2D eigenvalue weighted by Crippen LogP contribution is 2.31. The number of nitrogens with zero attached hydrogens (tertiary/aromatic N) is 3. The molecule has 0 fully saturated rings. The first-order chi connectivity index (χ1) is 8.72. The largest absolute Gasteiger partial charge is 0.284 e. The van der Waals surface area contributed by atoms with Crippen molar-refractivity contribution in [1.29, 1.82) is 5.26 Å². The number of thiophene rings is 1. The van der Waals surface area contributed by atoms with Gasteiger partial charge in [-0.25, -0.2) is 9.37 Å². The van der Waals surface area contributed by atoms with Crippen molar-refractivity contribution in [3.63, 3.8) is 0 Å². The lowest BCUT2D eigenvalue weighted by atomic mass is 10.2. The van der Waals surface area contributed by atoms with Crippen LogP contribution in [0.4, 0.5) is 4.39 Å². The summed E-state index contributed by atoms with van der Waals surface area (Å²) in [5.74, 6) is -0.385. The molecule has 0 unspecified atom stereocenters. The predicted molar refractivity (Wildman–Crippen MR) is 67.0 cm³/mol. The van der Waals surface area contributed by atoms with Crippen LogP contribution in [0, 0.1) is 17.1 Å². The molecule has 0 aliphatic rings. The second-order valence-corrected chi connectivity index (χ2v) is 4.78. The van der Waals surface area contributed by atoms with Gasteiger partial charge in [0, 0.05) is 4.70 Å². The molecule has 0 aliphatic carbocycles. The summed E-state index contributed by atoms with van der Waals surface area (Å²) in [7, 11) is 0. The first-order valence-electron chi connectivity index (χ1n) is 5.15. The fourth-order valence-electron chi connectivity index (χ4n) is 1.86. The van der Waals surface area contributed by atoms with Crippen LogP contribution < -0.4 is 5.56 Å². The first kappa shape index (κ1) is 10.9. The summed E-state index contributed by atoms with van der Waals surface area (Å²) in [4.78, 5) is 16.2. The van der Waals surface area contributed by atoms with E-state index in [0.29, 0.717) is 20.3 Å². The molecule has 0 saturated carbocycles. The van der Waals surface area contributed by atoms with Crippen molar-refractivity contribution in [1.82, 2.24) is 9.55 Å². The minimum Gasteiger partial charge on any atom is -0.284 e. The number of aromatic nitrogens is 2. The van der Waals surface area contributed by atoms with Gasteiger partial charge in [-0.1, -0.05) is 6.07 Å². The van der Waals surface area contributed by atoms with E-state index in [2.05, 4.69) is 4.98 Å². The van der Waals surface area contributed by atoms with Crippen molar-refractivity contribution in [3.05, 3.63) is 40.7 Å². The Labute approximate surface area is 105 Å². The van der Waals surface area contributed by atoms with Gasteiger partial charge in [0.25, 0.3) is 5.56 Å². The van der Waals surface area contributed by atoms with E-state index >= 15 is 0 Å². The summed E-state index contributed by atoms with van der Waals surface area (Å²) < 4.78 is 16.0. The van der Waals surface area contributed by atoms with Gasteiger partial charge in [0.05, 0.1) is 23.3 Å². The molecule has 0 amide bonds. The Morgan fingerprint density at radius 1 is 1.50 bits per heavy atom. The quantitative estimate of drug-likeness (QED) is 0.673. The molecule has 0 radical (unpaired) electrons. The van der Waals surface area contributed by atoms with Crippen LogP contribution in [0.1, 0.15) is 0 Å². The van der Waals surface area contributed by atoms with Crippen molar-refractivity contribution in [3.8, 4) is 6.07 Å². The summed E-state index contributed by atoms with van der Waals surface area (Å²) in [6, 6.07) is 6.58. The number of fused-ring (bicyclic) bond motifs is 3. The standard InChI is InChI=1S/C12H6FN3OS/c13-7-2-1-3-8-9(7)10-11(18-8)12(17)16(5-4-14)6-15-10/h1-3,6H,5H2. The Morgan fingerprint density at radius 3 is 3.11 bits per heavy atom. The number of hydrogen-bond donors (Lipinski definition) is 0. The smallest absolute Gasteiger partial charge is 0.272 e. The van der Waals surface area contributed by atoms with E-state index in [9.17, 15) is 9.18 Å². The molecule has 18 heavy (non-hydrogen) atoms. The molecule has 3 aromatic rings. The molecule has 0 atom stereocenters. The topological polar surface area (TPSA) is 58.7 Å². The minimum atomic E-state index is -0.385. The average molecular weight is 259 g/mol. The van der Waals surface area contributed by atoms with E-state index in [1.807, 2.05) is 6.07 Å². The van der Waals surface area contributed by atoms with E-state index < -0.39 is 0 Å². The van der Waals surface area contributed by atoms with Crippen LogP contribution in [-0.2, 0) is 6.54 Å². The zero-order valence-electron chi connectivity index (χ0n) is 9.05. The summed E-state index contributed by atoms with van der Waals surface area (Å²) in [6.07, 6.45) is 1.28. The van der Waals surface area contributed by atoms with Crippen LogP contribution >= 0.6 is 11.3 Å². The minimum absolute atomic E-state index is 0.0570. The molecule has 0 N–H and O–H groups in total. The fourth-order valence-corrected chi connectivity index (χ4v) is 2.98. The monoisotopic (exact) mass is 259 g/mol. The number of hydrogen-bond acceptors (Lipinski definition) is 4. The molecule has 3 rings (SSSR count). The van der Waals surface area contributed by atoms with Gasteiger partial charge in [0.2, 0.25) is 0 Å². The second-order valence-electron chi connectivity index (χ2n) is 3.73. The van der Waals surface area contributed by atoms with Gasteiger partial charge in [-0.05, 0) is 12.1 Å². The number of nitriles is 1. The average Bonchev–Trinajstić information content (AvgIpc) is 2.74. The molecule has 88 valence electrons. The molecule has 0 saturated heterocycles. The van der Waals surface area contributed by atoms with Crippen molar-refractivity contribution >= 4 is 31.6 Å². The van der Waals surface area contributed by atoms with E-state index in [1.165, 1.54) is 28.3 Å². The second kappa shape index (κ2) is 3.89. The van der Waals surface area contributed by atoms with Gasteiger partial charge in [-0.2, -0.15) is 5.26 Å². The lowest BCUT2D eigenvalue weighted by Gasteiger charge is -1.98. The van der Waals surface area contributed by atoms with Gasteiger partial charge in [0.1, 0.15) is 17.1 Å². The summed E-state index contributed by atoms with van der Waals surface area (Å²) in [6.45, 7) is -0.0570. The van der Waals surface area contributed by atoms with Crippen LogP contribution in [0.15, 0.2) is 29.3 Å². The van der Waals surface area contributed by atoms with Gasteiger partial charge in [-0.15, -0.1) is 11.3 Å². The van der Waals surface area contributed by atoms with Crippen LogP contribution in [0.2, 0.25) is 0 Å². The van der Waals surface area contributed by atoms with Crippen LogP contribution in [0.3, 0.4) is 0 Å². The zero-order valence-corrected chi connectivity index (χ0v) is 9.87. The van der Waals surface area contributed by atoms with Gasteiger partial charge in [0.15, 0.2) is 0 Å². The molecule has 0 bridgehead atoms. The maximum Gasteiger partial charge on any atom is 0.272 e. The molecule has 4 nitrogen and oxygen atoms in total. The van der Waals surface area contributed by atoms with Crippen molar-refractivity contribution in [2.75, 3.05) is 0 Å². The molecule has 0 spiro atoms. The molecule has 0 aliphatic heterocycles. The highest BCUT2D eigenvalue weighted by molar-refractivity contribution is 7.25. The highest BCUT2D eigenvalue weighted by Gasteiger charge is 2.14. The third-order valence-electron chi connectivity index (χ3n) is 2.66. The predicted octanol–water partition coefficient (Wildman–Crippen LogP) is 2.27. The maximum absolute atomic E-state index is 13.7. The van der Waals surface area contributed by atoms with Gasteiger partial charge < -0.3 is 0 Å². The third-order valence-corrected chi connectivity index (χ3v) is 3.79. The fraction of sp³-hybridized carbons (Fsp3) is 0.0833. The highest BCUT2D eigenvalue weighted by atomic mass is 32.1. The lowest BCUT2D eigenvalue weighted by molar-refractivity contribution is 0.640. The number of benzene rings is 1. The van der Waals surface area contributed by atoms with Crippen molar-refractivity contribution in [2.45, 2.75) is 6.54 Å². The van der Waals surface area contributed by atoms with E-state index in [1.54, 1.807) is 12.1 Å². The molecular formula is C12H6FN3OS. The Balaban J connectivity index is 2.49. The molecule has 2 aromatic heterocycles. The van der Waals surface area contributed by atoms with Crippen LogP contribution in [-0.4, -0.2) is 9.55 Å². The molecule has 2 heterocycles. The Morgan fingerprint density at radius 2 is 2.33 bits per heavy atom. The lowest BCUT2D eigenvalue weighted by Crippen LogP contribution is -2.18. The van der Waals surface area contributed by atoms with E-state index in [4.69, 9.17) is 5.26 Å². The SMILES string of the molecule is N#CCn1cnc2c(sc3cccc(F)c32)c1=O. The van der Waals surface area contributed by atoms with Gasteiger partial charge in [-0.3, -0.25) is 9.36 Å². The summed E-state index contributed by atoms with van der Waals surface area (Å²) >= 11 is 1.20. The number of halogens is 1. The normalized spacial score (nSPS) is 10.9. The number of rotatable bonds is 1. The van der Waals surface area contributed by atoms with E-state index in [0.717, 1.165) is 0 Å². The van der Waals surface area contributed by atoms with Crippen molar-refractivity contribution in [2.24, 2.45) is 0 Å². The first-order valence-corrected chi connectivity index (χ1v) is 5.97. The van der Waals surface area contributed by atoms with Gasteiger partial charge >= 0.3 is 0 Å². The van der Waals surface area contributed by atoms with Crippen molar-refractivity contribution < 1.29 is 4.39 Å². The zero-order chi connectivity index (χ0) is 12.7. The third kappa shape index (κ3) is 1.41. The molecule has 6 heteroatoms. The Hall–Kier alpha value is -2.26. The van der Waals surface area contributed by atoms with Crippen LogP contribution in [0.5, 0.6) is 0 Å². The summed E-state index contributed by atoms with van der Waals surface area (Å²) in [5.41, 5.74) is 0.0643. The molecular weight excluding hydrogens is 253 g/mol. The summed E-state index contributed by atoms with van der Waals surface area (Å²) in [5, 5.41) is 8.98. The van der Waals surface area contributed by atoms with E-state index in [-0.39, 0.29) is 17.9 Å². The maximum atomic E-state index is 13.7.